The molecule has 5 rings (SSSR count). The van der Waals surface area contributed by atoms with Gasteiger partial charge in [0.15, 0.2) is 21.4 Å². The summed E-state index contributed by atoms with van der Waals surface area (Å²) in [4.78, 5) is 2.07. The standard InChI is InChI=1S/C28H26F3N3O4S/c1-2-18-32-39(36,20-16-14-19(15-17-20)38-28(29,30)31)33-21-8-7-11-24(27(21)35)34-22-9-3-5-12-25(22)37-26-13-6-4-10-23(26)34/h3-6,8-17,27,35H,2,7,18H2,1H3,(H,32,33,36)/t27-,39?/m1/s1. The van der Waals surface area contributed by atoms with E-state index in [-0.39, 0.29) is 17.1 Å². The number of nitrogens with zero attached hydrogens (tertiary/aromatic N) is 2. The molecule has 0 saturated carbocycles. The molecule has 204 valence electrons. The van der Waals surface area contributed by atoms with Crippen LogP contribution in [0.2, 0.25) is 0 Å². The number of aliphatic hydroxyl groups is 1. The number of benzene rings is 3. The lowest BCUT2D eigenvalue weighted by atomic mass is 10.0. The van der Waals surface area contributed by atoms with Crippen molar-refractivity contribution in [3.8, 4) is 17.2 Å². The second-order valence-corrected chi connectivity index (χ2v) is 10.8. The quantitative estimate of drug-likeness (QED) is 0.334. The van der Waals surface area contributed by atoms with Crippen molar-refractivity contribution >= 4 is 21.3 Å². The largest absolute Gasteiger partial charge is 0.573 e. The first-order valence-electron chi connectivity index (χ1n) is 12.3. The van der Waals surface area contributed by atoms with Gasteiger partial charge in [-0.1, -0.05) is 43.3 Å². The summed E-state index contributed by atoms with van der Waals surface area (Å²) in [5.41, 5.74) is 2.28. The monoisotopic (exact) mass is 557 g/mol. The van der Waals surface area contributed by atoms with E-state index < -0.39 is 28.1 Å². The topological polar surface area (TPSA) is 83.4 Å². The van der Waals surface area contributed by atoms with Gasteiger partial charge in [0.05, 0.1) is 34.2 Å². The Morgan fingerprint density at radius 3 is 2.23 bits per heavy atom. The third kappa shape index (κ3) is 5.59. The van der Waals surface area contributed by atoms with Crippen molar-refractivity contribution in [2.45, 2.75) is 37.1 Å². The molecular formula is C28H26F3N3O4S. The minimum Gasteiger partial charge on any atom is -0.453 e. The normalized spacial score (nSPS) is 18.0. The summed E-state index contributed by atoms with van der Waals surface area (Å²) in [5.74, 6) is 0.808. The molecule has 1 aliphatic carbocycles. The Morgan fingerprint density at radius 2 is 1.64 bits per heavy atom. The van der Waals surface area contributed by atoms with E-state index in [1.165, 1.54) is 12.1 Å². The summed E-state index contributed by atoms with van der Waals surface area (Å²) in [6.07, 6.45) is -1.43. The predicted molar refractivity (Wildman–Crippen MR) is 142 cm³/mol. The number of para-hydroxylation sites is 4. The van der Waals surface area contributed by atoms with Crippen LogP contribution in [0.4, 0.5) is 24.5 Å². The van der Waals surface area contributed by atoms with Gasteiger partial charge >= 0.3 is 6.36 Å². The first-order chi connectivity index (χ1) is 18.7. The number of fused-ring (bicyclic) bond motifs is 2. The Hall–Kier alpha value is -3.96. The lowest BCUT2D eigenvalue weighted by molar-refractivity contribution is -0.274. The van der Waals surface area contributed by atoms with E-state index in [9.17, 15) is 22.5 Å². The molecule has 0 radical (unpaired) electrons. The number of hydrogen-bond acceptors (Lipinski definition) is 6. The van der Waals surface area contributed by atoms with Crippen molar-refractivity contribution in [1.29, 1.82) is 0 Å². The van der Waals surface area contributed by atoms with Crippen LogP contribution in [-0.4, -0.2) is 28.3 Å². The maximum Gasteiger partial charge on any atom is 0.573 e. The zero-order valence-electron chi connectivity index (χ0n) is 20.9. The number of rotatable bonds is 7. The number of aliphatic hydroxyl groups excluding tert-OH is 1. The number of nitrogens with one attached hydrogen (secondary N) is 1. The molecule has 2 N–H and O–H groups in total. The van der Waals surface area contributed by atoms with Gasteiger partial charge in [0.2, 0.25) is 0 Å². The van der Waals surface area contributed by atoms with Gasteiger partial charge in [0.25, 0.3) is 0 Å². The highest BCUT2D eigenvalue weighted by Crippen LogP contribution is 2.49. The summed E-state index contributed by atoms with van der Waals surface area (Å²) in [6, 6.07) is 19.6. The molecule has 11 heteroatoms. The second kappa shape index (κ2) is 10.7. The highest BCUT2D eigenvalue weighted by Gasteiger charge is 2.34. The summed E-state index contributed by atoms with van der Waals surface area (Å²) < 4.78 is 69.2. The Bertz CT molecular complexity index is 1500. The van der Waals surface area contributed by atoms with Crippen LogP contribution in [0.15, 0.2) is 106 Å². The number of anilines is 2. The predicted octanol–water partition coefficient (Wildman–Crippen LogP) is 6.80. The molecule has 2 aliphatic rings. The molecule has 3 aromatic carbocycles. The molecule has 1 heterocycles. The first-order valence-corrected chi connectivity index (χ1v) is 13.8. The third-order valence-electron chi connectivity index (χ3n) is 6.06. The van der Waals surface area contributed by atoms with Crippen LogP contribution in [0, 0.1) is 0 Å². The molecule has 2 atom stereocenters. The van der Waals surface area contributed by atoms with E-state index in [1.807, 2.05) is 66.4 Å². The Labute approximate surface area is 224 Å². The summed E-state index contributed by atoms with van der Waals surface area (Å²) >= 11 is 0. The van der Waals surface area contributed by atoms with Crippen molar-refractivity contribution in [2.75, 3.05) is 11.4 Å². The lowest BCUT2D eigenvalue weighted by Crippen LogP contribution is -2.37. The molecule has 1 unspecified atom stereocenters. The van der Waals surface area contributed by atoms with E-state index >= 15 is 0 Å². The van der Waals surface area contributed by atoms with Crippen molar-refractivity contribution in [2.24, 2.45) is 4.36 Å². The number of halogens is 3. The van der Waals surface area contributed by atoms with Gasteiger partial charge in [-0.2, -0.15) is 0 Å². The summed E-state index contributed by atoms with van der Waals surface area (Å²) in [6.45, 7) is 2.11. The van der Waals surface area contributed by atoms with Crippen LogP contribution < -0.4 is 19.1 Å². The van der Waals surface area contributed by atoms with Crippen molar-refractivity contribution in [3.05, 3.63) is 96.3 Å². The van der Waals surface area contributed by atoms with Gasteiger partial charge in [-0.25, -0.2) is 8.57 Å². The Morgan fingerprint density at radius 1 is 1.03 bits per heavy atom. The van der Waals surface area contributed by atoms with E-state index in [2.05, 4.69) is 13.8 Å². The van der Waals surface area contributed by atoms with Crippen LogP contribution >= 0.6 is 0 Å². The summed E-state index contributed by atoms with van der Waals surface area (Å²) in [5, 5.41) is 11.5. The average Bonchev–Trinajstić information content (AvgIpc) is 2.91. The van der Waals surface area contributed by atoms with E-state index in [1.54, 1.807) is 6.08 Å². The minimum absolute atomic E-state index is 0.164. The smallest absolute Gasteiger partial charge is 0.453 e. The van der Waals surface area contributed by atoms with E-state index in [0.29, 0.717) is 30.0 Å². The molecule has 0 saturated heterocycles. The van der Waals surface area contributed by atoms with Crippen LogP contribution in [0.1, 0.15) is 19.8 Å². The molecule has 1 aliphatic heterocycles. The third-order valence-corrected chi connectivity index (χ3v) is 8.03. The van der Waals surface area contributed by atoms with E-state index in [0.717, 1.165) is 23.5 Å². The fourth-order valence-corrected chi connectivity index (χ4v) is 6.14. The molecule has 0 bridgehead atoms. The highest BCUT2D eigenvalue weighted by atomic mass is 32.2. The first kappa shape index (κ1) is 26.6. The molecular weight excluding hydrogens is 531 g/mol. The fourth-order valence-electron chi connectivity index (χ4n) is 4.35. The van der Waals surface area contributed by atoms with Crippen molar-refractivity contribution in [3.63, 3.8) is 0 Å². The maximum atomic E-state index is 14.1. The van der Waals surface area contributed by atoms with Crippen LogP contribution in [0.3, 0.4) is 0 Å². The zero-order chi connectivity index (χ0) is 27.6. The van der Waals surface area contributed by atoms with Crippen LogP contribution in [0.5, 0.6) is 17.2 Å². The van der Waals surface area contributed by atoms with Crippen molar-refractivity contribution in [1.82, 2.24) is 4.72 Å². The highest BCUT2D eigenvalue weighted by molar-refractivity contribution is 7.91. The maximum absolute atomic E-state index is 14.1. The van der Waals surface area contributed by atoms with Crippen molar-refractivity contribution < 1.29 is 32.0 Å². The number of ether oxygens (including phenoxy) is 2. The SMILES string of the molecule is CCCN=S(=O)(NC1=CCC=C(N2c3ccccc3Oc3ccccc32)[C@@H]1O)c1ccc(OC(F)(F)F)cc1. The molecule has 0 spiro atoms. The van der Waals surface area contributed by atoms with Gasteiger partial charge in [0, 0.05) is 0 Å². The van der Waals surface area contributed by atoms with Gasteiger partial charge in [-0.05, 0) is 61.4 Å². The molecule has 0 fully saturated rings. The number of allylic oxidation sites excluding steroid dienone is 2. The second-order valence-electron chi connectivity index (χ2n) is 8.80. The molecule has 0 aromatic heterocycles. The van der Waals surface area contributed by atoms with Crippen LogP contribution in [-0.2, 0) is 9.92 Å². The minimum atomic E-state index is -4.84. The zero-order valence-corrected chi connectivity index (χ0v) is 21.7. The molecule has 0 amide bonds. The van der Waals surface area contributed by atoms with Gasteiger partial charge < -0.3 is 19.5 Å². The molecule has 3 aromatic rings. The Kier molecular flexibility index (Phi) is 7.28. The Balaban J connectivity index is 1.47. The fraction of sp³-hybridized carbons (Fsp3) is 0.214. The average molecular weight is 558 g/mol. The van der Waals surface area contributed by atoms with Gasteiger partial charge in [-0.15, -0.1) is 13.2 Å². The van der Waals surface area contributed by atoms with E-state index in [4.69, 9.17) is 4.74 Å². The summed E-state index contributed by atoms with van der Waals surface area (Å²) in [7, 11) is -3.36. The number of hydrogen-bond donors (Lipinski definition) is 2. The molecule has 7 nitrogen and oxygen atoms in total. The van der Waals surface area contributed by atoms with Crippen LogP contribution in [0.25, 0.3) is 0 Å². The molecule has 39 heavy (non-hydrogen) atoms. The number of alkyl halides is 3. The van der Waals surface area contributed by atoms with Gasteiger partial charge in [0.1, 0.15) is 11.9 Å². The lowest BCUT2D eigenvalue weighted by Gasteiger charge is -2.37. The van der Waals surface area contributed by atoms with Gasteiger partial charge in [-0.3, -0.25) is 4.72 Å².